The van der Waals surface area contributed by atoms with Crippen molar-refractivity contribution in [2.45, 2.75) is 95.9 Å². The van der Waals surface area contributed by atoms with Gasteiger partial charge < -0.3 is 15.4 Å². The van der Waals surface area contributed by atoms with Gasteiger partial charge in [0.25, 0.3) is 0 Å². The number of nitrogens with one attached hydrogen (secondary N) is 6. The number of rotatable bonds is 8. The van der Waals surface area contributed by atoms with E-state index >= 15 is 0 Å². The minimum Gasteiger partial charge on any atom is -0.359 e. The zero-order chi connectivity index (χ0) is 23.9. The molecule has 0 aromatic rings. The van der Waals surface area contributed by atoms with Crippen molar-refractivity contribution in [1.29, 1.82) is 0 Å². The Balaban J connectivity index is 1.21. The summed E-state index contributed by atoms with van der Waals surface area (Å²) in [6, 6.07) is 1.22. The molecule has 0 radical (unpaired) electrons. The van der Waals surface area contributed by atoms with Gasteiger partial charge in [0.15, 0.2) is 0 Å². The lowest BCUT2D eigenvalue weighted by Gasteiger charge is -2.43. The van der Waals surface area contributed by atoms with E-state index in [2.05, 4.69) is 45.4 Å². The van der Waals surface area contributed by atoms with E-state index in [1.165, 1.54) is 19.3 Å². The third-order valence-electron chi connectivity index (χ3n) is 8.28. The van der Waals surface area contributed by atoms with E-state index in [1.807, 2.05) is 6.92 Å². The van der Waals surface area contributed by atoms with Crippen molar-refractivity contribution < 1.29 is 9.53 Å². The van der Waals surface area contributed by atoms with Gasteiger partial charge >= 0.3 is 0 Å². The standard InChI is InChI=1S/C26H48N6O2/c1-17(2)16-34-24-9-7-20(15-29-24)25(33)30-21-8-6-18(3)23(13-21)32-26-28-12-10-22(31-26)19-5-4-11-27-14-19/h18-24,26-29,31-32H,1,4-16H2,2-3H3,(H,30,33). The number of carbonyl (C=O) groups is 1. The number of amides is 1. The minimum absolute atomic E-state index is 0.0296. The summed E-state index contributed by atoms with van der Waals surface area (Å²) in [5.41, 5.74) is 1.02. The van der Waals surface area contributed by atoms with Crippen LogP contribution in [0.25, 0.3) is 0 Å². The topological polar surface area (TPSA) is 98.5 Å². The van der Waals surface area contributed by atoms with E-state index in [0.717, 1.165) is 63.2 Å². The first-order valence-electron chi connectivity index (χ1n) is 13.7. The van der Waals surface area contributed by atoms with Crippen LogP contribution in [-0.4, -0.2) is 69.3 Å². The van der Waals surface area contributed by atoms with Crippen LogP contribution in [0.3, 0.4) is 0 Å². The molecule has 3 heterocycles. The number of hydrogen-bond acceptors (Lipinski definition) is 7. The fourth-order valence-corrected chi connectivity index (χ4v) is 6.10. The number of carbonyl (C=O) groups excluding carboxylic acids is 1. The fourth-order valence-electron chi connectivity index (χ4n) is 6.10. The number of ether oxygens (including phenoxy) is 1. The van der Waals surface area contributed by atoms with Gasteiger partial charge in [0.2, 0.25) is 5.91 Å². The predicted molar refractivity (Wildman–Crippen MR) is 136 cm³/mol. The Morgan fingerprint density at radius 2 is 1.94 bits per heavy atom. The maximum absolute atomic E-state index is 13.0. The van der Waals surface area contributed by atoms with Gasteiger partial charge in [-0.3, -0.25) is 26.1 Å². The molecule has 4 fully saturated rings. The van der Waals surface area contributed by atoms with E-state index in [9.17, 15) is 4.79 Å². The Labute approximate surface area is 206 Å². The zero-order valence-electron chi connectivity index (χ0n) is 21.3. The smallest absolute Gasteiger partial charge is 0.224 e. The van der Waals surface area contributed by atoms with Crippen molar-refractivity contribution in [3.05, 3.63) is 12.2 Å². The first kappa shape index (κ1) is 26.0. The maximum Gasteiger partial charge on any atom is 0.224 e. The summed E-state index contributed by atoms with van der Waals surface area (Å²) in [6.45, 7) is 12.8. The maximum atomic E-state index is 13.0. The monoisotopic (exact) mass is 476 g/mol. The van der Waals surface area contributed by atoms with Gasteiger partial charge in [-0.25, -0.2) is 0 Å². The molecule has 8 unspecified atom stereocenters. The molecule has 1 amide bonds. The first-order valence-corrected chi connectivity index (χ1v) is 13.7. The highest BCUT2D eigenvalue weighted by Crippen LogP contribution is 2.26. The van der Waals surface area contributed by atoms with E-state index in [1.54, 1.807) is 0 Å². The van der Waals surface area contributed by atoms with E-state index < -0.39 is 0 Å². The summed E-state index contributed by atoms with van der Waals surface area (Å²) in [7, 11) is 0. The summed E-state index contributed by atoms with van der Waals surface area (Å²) in [5.74, 6) is 1.56. The molecule has 6 N–H and O–H groups in total. The Kier molecular flexibility index (Phi) is 9.80. The predicted octanol–water partition coefficient (Wildman–Crippen LogP) is 1.40. The molecule has 4 rings (SSSR count). The second kappa shape index (κ2) is 12.8. The zero-order valence-corrected chi connectivity index (χ0v) is 21.3. The van der Waals surface area contributed by atoms with E-state index in [-0.39, 0.29) is 30.4 Å². The molecular formula is C26H48N6O2. The summed E-state index contributed by atoms with van der Waals surface area (Å²) >= 11 is 0. The highest BCUT2D eigenvalue weighted by molar-refractivity contribution is 5.79. The van der Waals surface area contributed by atoms with Gasteiger partial charge in [0.05, 0.1) is 12.5 Å². The Morgan fingerprint density at radius 3 is 2.68 bits per heavy atom. The molecule has 8 atom stereocenters. The largest absolute Gasteiger partial charge is 0.359 e. The quantitative estimate of drug-likeness (QED) is 0.295. The molecule has 8 heteroatoms. The van der Waals surface area contributed by atoms with Crippen LogP contribution in [-0.2, 0) is 9.53 Å². The van der Waals surface area contributed by atoms with Crippen LogP contribution in [0.5, 0.6) is 0 Å². The van der Waals surface area contributed by atoms with Crippen molar-refractivity contribution in [2.24, 2.45) is 17.8 Å². The molecule has 194 valence electrons. The van der Waals surface area contributed by atoms with Crippen molar-refractivity contribution in [2.75, 3.05) is 32.8 Å². The summed E-state index contributed by atoms with van der Waals surface area (Å²) in [5, 5.41) is 21.7. The summed E-state index contributed by atoms with van der Waals surface area (Å²) in [6.07, 6.45) is 8.94. The van der Waals surface area contributed by atoms with E-state index in [4.69, 9.17) is 4.74 Å². The van der Waals surface area contributed by atoms with Crippen LogP contribution in [0.4, 0.5) is 0 Å². The number of hydrogen-bond donors (Lipinski definition) is 6. The Morgan fingerprint density at radius 1 is 1.06 bits per heavy atom. The molecular weight excluding hydrogens is 428 g/mol. The van der Waals surface area contributed by atoms with E-state index in [0.29, 0.717) is 31.2 Å². The van der Waals surface area contributed by atoms with Gasteiger partial charge in [-0.05, 0) is 89.8 Å². The van der Waals surface area contributed by atoms with Gasteiger partial charge in [-0.15, -0.1) is 0 Å². The van der Waals surface area contributed by atoms with Crippen LogP contribution in [0.2, 0.25) is 0 Å². The molecule has 0 spiro atoms. The average molecular weight is 477 g/mol. The first-order chi connectivity index (χ1) is 16.5. The molecule has 0 aromatic heterocycles. The van der Waals surface area contributed by atoms with Crippen LogP contribution in [0, 0.1) is 17.8 Å². The lowest BCUT2D eigenvalue weighted by Crippen LogP contribution is -2.66. The van der Waals surface area contributed by atoms with Crippen LogP contribution < -0.4 is 31.9 Å². The second-order valence-electron chi connectivity index (χ2n) is 11.3. The summed E-state index contributed by atoms with van der Waals surface area (Å²) < 4.78 is 5.80. The molecule has 3 saturated heterocycles. The highest BCUT2D eigenvalue weighted by Gasteiger charge is 2.34. The normalized spacial score (nSPS) is 39.4. The Hall–Kier alpha value is -1.03. The van der Waals surface area contributed by atoms with Gasteiger partial charge in [-0.1, -0.05) is 19.1 Å². The second-order valence-corrected chi connectivity index (χ2v) is 11.3. The molecule has 34 heavy (non-hydrogen) atoms. The molecule has 0 aromatic carbocycles. The minimum atomic E-state index is 0.0296. The van der Waals surface area contributed by atoms with Crippen molar-refractivity contribution in [3.63, 3.8) is 0 Å². The third kappa shape index (κ3) is 7.48. The van der Waals surface area contributed by atoms with Crippen LogP contribution >= 0.6 is 0 Å². The van der Waals surface area contributed by atoms with Crippen molar-refractivity contribution >= 4 is 5.91 Å². The van der Waals surface area contributed by atoms with Crippen LogP contribution in [0.15, 0.2) is 12.2 Å². The third-order valence-corrected chi connectivity index (χ3v) is 8.28. The molecule has 1 saturated carbocycles. The molecule has 0 bridgehead atoms. The van der Waals surface area contributed by atoms with Crippen molar-refractivity contribution in [1.82, 2.24) is 31.9 Å². The highest BCUT2D eigenvalue weighted by atomic mass is 16.5. The van der Waals surface area contributed by atoms with Gasteiger partial charge in [0.1, 0.15) is 12.5 Å². The fraction of sp³-hybridized carbons (Fsp3) is 0.885. The molecule has 1 aliphatic carbocycles. The SMILES string of the molecule is C=C(C)COC1CCC(C(=O)NC2CCC(C)C(NC3NCCC(C4CCCNC4)N3)C2)CN1. The Bertz CT molecular complexity index is 662. The molecule has 3 aliphatic heterocycles. The lowest BCUT2D eigenvalue weighted by molar-refractivity contribution is -0.127. The number of piperidine rings is 2. The van der Waals surface area contributed by atoms with Crippen LogP contribution in [0.1, 0.15) is 65.2 Å². The van der Waals surface area contributed by atoms with Gasteiger partial charge in [0, 0.05) is 24.7 Å². The van der Waals surface area contributed by atoms with Gasteiger partial charge in [-0.2, -0.15) is 0 Å². The summed E-state index contributed by atoms with van der Waals surface area (Å²) in [4.78, 5) is 13.0. The average Bonchev–Trinajstić information content (AvgIpc) is 2.86. The molecule has 8 nitrogen and oxygen atoms in total. The lowest BCUT2D eigenvalue weighted by atomic mass is 9.82. The molecule has 4 aliphatic rings. The van der Waals surface area contributed by atoms with Crippen molar-refractivity contribution in [3.8, 4) is 0 Å².